The summed E-state index contributed by atoms with van der Waals surface area (Å²) < 4.78 is 0. The number of nitrogens with zero attached hydrogens (tertiary/aromatic N) is 1. The van der Waals surface area contributed by atoms with Gasteiger partial charge in [0.15, 0.2) is 0 Å². The van der Waals surface area contributed by atoms with E-state index >= 15 is 0 Å². The molecule has 3 rings (SSSR count). The molecule has 172 valence electrons. The topological polar surface area (TPSA) is 49.4 Å². The minimum absolute atomic E-state index is 0.00246. The molecule has 2 aromatic rings. The molecule has 1 N–H and O–H groups in total. The molecular weight excluding hydrogens is 416 g/mol. The normalized spacial score (nSPS) is 14.8. The fourth-order valence-electron chi connectivity index (χ4n) is 4.36. The van der Waals surface area contributed by atoms with Crippen LogP contribution in [0.2, 0.25) is 0 Å². The van der Waals surface area contributed by atoms with Crippen LogP contribution in [0, 0.1) is 6.92 Å². The molecule has 1 saturated carbocycles. The number of carbonyl (C=O) groups excluding carboxylic acids is 2. The molecule has 2 aromatic carbocycles. The highest BCUT2D eigenvalue weighted by molar-refractivity contribution is 7.98. The van der Waals surface area contributed by atoms with Crippen molar-refractivity contribution in [3.05, 3.63) is 71.3 Å². The Hall–Kier alpha value is -2.27. The summed E-state index contributed by atoms with van der Waals surface area (Å²) in [6.07, 6.45) is 5.50. The third-order valence-electron chi connectivity index (χ3n) is 6.09. The highest BCUT2D eigenvalue weighted by Crippen LogP contribution is 2.20. The lowest BCUT2D eigenvalue weighted by Crippen LogP contribution is -2.51. The van der Waals surface area contributed by atoms with Crippen LogP contribution in [0.1, 0.15) is 62.1 Å². The molecule has 1 fully saturated rings. The Labute approximate surface area is 197 Å². The van der Waals surface area contributed by atoms with Gasteiger partial charge in [-0.05, 0) is 37.3 Å². The molecule has 0 aliphatic heterocycles. The van der Waals surface area contributed by atoms with Gasteiger partial charge in [0.25, 0.3) is 0 Å². The quantitative estimate of drug-likeness (QED) is 0.459. The van der Waals surface area contributed by atoms with Crippen molar-refractivity contribution in [2.24, 2.45) is 0 Å². The molecule has 1 atom stereocenters. The molecule has 32 heavy (non-hydrogen) atoms. The number of carbonyl (C=O) groups is 2. The van der Waals surface area contributed by atoms with Crippen LogP contribution in [0.25, 0.3) is 0 Å². The maximum Gasteiger partial charge on any atom is 0.243 e. The molecule has 0 saturated heterocycles. The summed E-state index contributed by atoms with van der Waals surface area (Å²) in [7, 11) is 0. The Morgan fingerprint density at radius 1 is 1.06 bits per heavy atom. The number of rotatable bonds is 11. The largest absolute Gasteiger partial charge is 0.352 e. The zero-order valence-corrected chi connectivity index (χ0v) is 20.2. The summed E-state index contributed by atoms with van der Waals surface area (Å²) in [5, 5.41) is 3.21. The van der Waals surface area contributed by atoms with E-state index in [1.807, 2.05) is 42.2 Å². The Morgan fingerprint density at radius 2 is 1.78 bits per heavy atom. The summed E-state index contributed by atoms with van der Waals surface area (Å²) in [4.78, 5) is 28.3. The van der Waals surface area contributed by atoms with E-state index in [0.29, 0.717) is 19.4 Å². The molecule has 0 radical (unpaired) electrons. The average Bonchev–Trinajstić information content (AvgIpc) is 3.30. The van der Waals surface area contributed by atoms with E-state index in [1.165, 1.54) is 18.4 Å². The maximum atomic E-state index is 13.3. The van der Waals surface area contributed by atoms with Crippen molar-refractivity contribution in [2.75, 3.05) is 5.75 Å². The van der Waals surface area contributed by atoms with Crippen molar-refractivity contribution < 1.29 is 9.59 Å². The minimum atomic E-state index is -0.428. The Balaban J connectivity index is 1.65. The predicted octanol–water partition coefficient (Wildman–Crippen LogP) is 5.48. The van der Waals surface area contributed by atoms with Crippen LogP contribution < -0.4 is 5.32 Å². The number of nitrogens with one attached hydrogen (secondary N) is 1. The van der Waals surface area contributed by atoms with Crippen LogP contribution >= 0.6 is 11.8 Å². The predicted molar refractivity (Wildman–Crippen MR) is 133 cm³/mol. The molecule has 0 aromatic heterocycles. The van der Waals surface area contributed by atoms with Crippen LogP contribution in [-0.4, -0.2) is 34.6 Å². The highest BCUT2D eigenvalue weighted by atomic mass is 32.2. The minimum Gasteiger partial charge on any atom is -0.352 e. The van der Waals surface area contributed by atoms with Crippen molar-refractivity contribution in [2.45, 2.75) is 76.8 Å². The van der Waals surface area contributed by atoms with Crippen LogP contribution in [0.15, 0.2) is 54.6 Å². The van der Waals surface area contributed by atoms with E-state index < -0.39 is 6.04 Å². The van der Waals surface area contributed by atoms with E-state index in [2.05, 4.69) is 36.5 Å². The number of aryl methyl sites for hydroxylation is 1. The average molecular weight is 453 g/mol. The van der Waals surface area contributed by atoms with Gasteiger partial charge < -0.3 is 10.2 Å². The number of hydrogen-bond donors (Lipinski definition) is 1. The van der Waals surface area contributed by atoms with Gasteiger partial charge in [-0.3, -0.25) is 9.59 Å². The molecule has 2 amide bonds. The van der Waals surface area contributed by atoms with Gasteiger partial charge in [-0.15, -0.1) is 0 Å². The molecule has 1 aliphatic rings. The first-order valence-electron chi connectivity index (χ1n) is 11.8. The highest BCUT2D eigenvalue weighted by Gasteiger charge is 2.30. The fraction of sp³-hybridized carbons (Fsp3) is 0.481. The molecule has 1 aliphatic carbocycles. The van der Waals surface area contributed by atoms with E-state index in [0.717, 1.165) is 35.5 Å². The summed E-state index contributed by atoms with van der Waals surface area (Å²) >= 11 is 1.77. The summed E-state index contributed by atoms with van der Waals surface area (Å²) in [5.41, 5.74) is 3.50. The Kier molecular flexibility index (Phi) is 9.66. The SMILES string of the molecule is CC[C@H](C(=O)NC1CCCC1)N(Cc1cccc(C)c1)C(=O)CCSCc1ccccc1. The molecule has 4 nitrogen and oxygen atoms in total. The van der Waals surface area contributed by atoms with E-state index in [9.17, 15) is 9.59 Å². The lowest BCUT2D eigenvalue weighted by Gasteiger charge is -2.31. The summed E-state index contributed by atoms with van der Waals surface area (Å²) in [6.45, 7) is 4.53. The van der Waals surface area contributed by atoms with Crippen molar-refractivity contribution in [3.63, 3.8) is 0 Å². The number of hydrogen-bond acceptors (Lipinski definition) is 3. The third kappa shape index (κ3) is 7.40. The first-order valence-corrected chi connectivity index (χ1v) is 13.0. The van der Waals surface area contributed by atoms with Gasteiger partial charge in [0.1, 0.15) is 6.04 Å². The molecule has 0 bridgehead atoms. The van der Waals surface area contributed by atoms with Crippen LogP contribution in [0.5, 0.6) is 0 Å². The monoisotopic (exact) mass is 452 g/mol. The summed E-state index contributed by atoms with van der Waals surface area (Å²) in [6, 6.07) is 18.4. The Bertz CT molecular complexity index is 865. The van der Waals surface area contributed by atoms with Gasteiger partial charge in [-0.2, -0.15) is 11.8 Å². The molecule has 5 heteroatoms. The van der Waals surface area contributed by atoms with Gasteiger partial charge in [-0.1, -0.05) is 79.9 Å². The van der Waals surface area contributed by atoms with Gasteiger partial charge in [0.2, 0.25) is 11.8 Å². The second-order valence-electron chi connectivity index (χ2n) is 8.71. The zero-order valence-electron chi connectivity index (χ0n) is 19.4. The maximum absolute atomic E-state index is 13.3. The van der Waals surface area contributed by atoms with Gasteiger partial charge >= 0.3 is 0 Å². The number of benzene rings is 2. The lowest BCUT2D eigenvalue weighted by atomic mass is 10.1. The summed E-state index contributed by atoms with van der Waals surface area (Å²) in [5.74, 6) is 1.70. The van der Waals surface area contributed by atoms with Crippen LogP contribution in [0.4, 0.5) is 0 Å². The van der Waals surface area contributed by atoms with Gasteiger partial charge in [-0.25, -0.2) is 0 Å². The molecule has 0 spiro atoms. The third-order valence-corrected chi connectivity index (χ3v) is 7.12. The number of thioether (sulfide) groups is 1. The smallest absolute Gasteiger partial charge is 0.243 e. The molecular formula is C27H36N2O2S. The standard InChI is InChI=1S/C27H36N2O2S/c1-3-25(27(31)28-24-14-7-8-15-24)29(19-23-13-9-10-21(2)18-23)26(30)16-17-32-20-22-11-5-4-6-12-22/h4-6,9-13,18,24-25H,3,7-8,14-17,19-20H2,1-2H3,(H,28,31)/t25-/m1/s1. The fourth-order valence-corrected chi connectivity index (χ4v) is 5.25. The molecule has 0 heterocycles. The van der Waals surface area contributed by atoms with Gasteiger partial charge in [0, 0.05) is 30.5 Å². The first kappa shape index (κ1) is 24.4. The van der Waals surface area contributed by atoms with E-state index in [-0.39, 0.29) is 17.9 Å². The Morgan fingerprint density at radius 3 is 2.47 bits per heavy atom. The number of amides is 2. The van der Waals surface area contributed by atoms with Crippen LogP contribution in [0.3, 0.4) is 0 Å². The zero-order chi connectivity index (χ0) is 22.8. The molecule has 0 unspecified atom stereocenters. The second kappa shape index (κ2) is 12.7. The van der Waals surface area contributed by atoms with Crippen LogP contribution in [-0.2, 0) is 21.9 Å². The van der Waals surface area contributed by atoms with Crippen molar-refractivity contribution in [1.82, 2.24) is 10.2 Å². The second-order valence-corrected chi connectivity index (χ2v) is 9.82. The van der Waals surface area contributed by atoms with Crippen molar-refractivity contribution in [3.8, 4) is 0 Å². The van der Waals surface area contributed by atoms with E-state index in [1.54, 1.807) is 11.8 Å². The first-order chi connectivity index (χ1) is 15.6. The lowest BCUT2D eigenvalue weighted by molar-refractivity contribution is -0.141. The van der Waals surface area contributed by atoms with Gasteiger partial charge in [0.05, 0.1) is 0 Å². The van der Waals surface area contributed by atoms with E-state index in [4.69, 9.17) is 0 Å². The van der Waals surface area contributed by atoms with Crippen molar-refractivity contribution in [1.29, 1.82) is 0 Å². The van der Waals surface area contributed by atoms with Crippen molar-refractivity contribution >= 4 is 23.6 Å².